The van der Waals surface area contributed by atoms with Crippen molar-refractivity contribution in [2.45, 2.75) is 19.8 Å². The summed E-state index contributed by atoms with van der Waals surface area (Å²) in [7, 11) is 0. The Balaban J connectivity index is 2.27. The highest BCUT2D eigenvalue weighted by Gasteiger charge is 2.16. The number of hydrogen-bond acceptors (Lipinski definition) is 3. The van der Waals surface area contributed by atoms with Gasteiger partial charge in [0.25, 0.3) is 0 Å². The van der Waals surface area contributed by atoms with Crippen LogP contribution in [0.25, 0.3) is 16.9 Å². The number of nitrogens with zero attached hydrogens (tertiary/aromatic N) is 3. The molecule has 2 heterocycles. The van der Waals surface area contributed by atoms with Gasteiger partial charge in [0, 0.05) is 11.6 Å². The Kier molecular flexibility index (Phi) is 3.17. The summed E-state index contributed by atoms with van der Waals surface area (Å²) in [5, 5.41) is 13.8. The zero-order valence-corrected chi connectivity index (χ0v) is 11.8. The van der Waals surface area contributed by atoms with Crippen molar-refractivity contribution >= 4 is 11.6 Å². The van der Waals surface area contributed by atoms with Crippen LogP contribution in [-0.4, -0.2) is 25.7 Å². The molecule has 0 saturated carbocycles. The summed E-state index contributed by atoms with van der Waals surface area (Å²) in [6.45, 7) is 4.03. The van der Waals surface area contributed by atoms with Crippen LogP contribution in [0.3, 0.4) is 0 Å². The van der Waals surface area contributed by atoms with Crippen molar-refractivity contribution in [3.63, 3.8) is 0 Å². The molecule has 5 nitrogen and oxygen atoms in total. The van der Waals surface area contributed by atoms with Crippen LogP contribution in [0.2, 0.25) is 0 Å². The molecule has 21 heavy (non-hydrogen) atoms. The lowest BCUT2D eigenvalue weighted by Gasteiger charge is -2.04. The highest BCUT2D eigenvalue weighted by atomic mass is 16.4. The molecule has 0 bridgehead atoms. The van der Waals surface area contributed by atoms with Gasteiger partial charge in [-0.15, -0.1) is 0 Å². The predicted molar refractivity (Wildman–Crippen MR) is 79.5 cm³/mol. The lowest BCUT2D eigenvalue weighted by Crippen LogP contribution is -2.08. The van der Waals surface area contributed by atoms with Crippen LogP contribution in [0.15, 0.2) is 42.5 Å². The molecule has 0 atom stereocenters. The van der Waals surface area contributed by atoms with E-state index in [1.807, 2.05) is 50.2 Å². The highest BCUT2D eigenvalue weighted by molar-refractivity contribution is 5.88. The van der Waals surface area contributed by atoms with Crippen LogP contribution >= 0.6 is 0 Å². The number of hydrogen-bond donors (Lipinski definition) is 1. The maximum Gasteiger partial charge on any atom is 0.354 e. The fourth-order valence-electron chi connectivity index (χ4n) is 2.18. The molecular weight excluding hydrogens is 266 g/mol. The number of aromatic nitrogens is 3. The number of carboxylic acids is 1. The molecule has 3 rings (SSSR count). The fourth-order valence-corrected chi connectivity index (χ4v) is 2.18. The summed E-state index contributed by atoms with van der Waals surface area (Å²) in [6, 6.07) is 12.9. The van der Waals surface area contributed by atoms with Gasteiger partial charge in [-0.2, -0.15) is 5.10 Å². The van der Waals surface area contributed by atoms with Gasteiger partial charge in [-0.3, -0.25) is 0 Å². The molecule has 0 amide bonds. The molecule has 1 aromatic carbocycles. The summed E-state index contributed by atoms with van der Waals surface area (Å²) in [4.78, 5) is 16.0. The Hall–Kier alpha value is -2.69. The van der Waals surface area contributed by atoms with Crippen molar-refractivity contribution in [3.8, 4) is 11.3 Å². The molecule has 1 N–H and O–H groups in total. The van der Waals surface area contributed by atoms with E-state index in [-0.39, 0.29) is 11.6 Å². The van der Waals surface area contributed by atoms with Crippen molar-refractivity contribution in [2.24, 2.45) is 0 Å². The van der Waals surface area contributed by atoms with Crippen molar-refractivity contribution in [3.05, 3.63) is 53.9 Å². The highest BCUT2D eigenvalue weighted by Crippen LogP contribution is 2.22. The maximum absolute atomic E-state index is 11.5. The van der Waals surface area contributed by atoms with Crippen LogP contribution in [0.5, 0.6) is 0 Å². The molecule has 106 valence electrons. The van der Waals surface area contributed by atoms with Crippen LogP contribution in [-0.2, 0) is 0 Å². The summed E-state index contributed by atoms with van der Waals surface area (Å²) in [5.41, 5.74) is 3.02. The van der Waals surface area contributed by atoms with Gasteiger partial charge in [-0.25, -0.2) is 14.3 Å². The Morgan fingerprint density at radius 3 is 2.52 bits per heavy atom. The van der Waals surface area contributed by atoms with Crippen LogP contribution in [0.1, 0.15) is 35.9 Å². The molecule has 0 radical (unpaired) electrons. The molecule has 0 saturated heterocycles. The maximum atomic E-state index is 11.5. The Bertz CT molecular complexity index is 807. The third-order valence-electron chi connectivity index (χ3n) is 3.33. The number of carbonyl (C=O) groups is 1. The second-order valence-electron chi connectivity index (χ2n) is 5.19. The van der Waals surface area contributed by atoms with Gasteiger partial charge >= 0.3 is 5.97 Å². The van der Waals surface area contributed by atoms with Crippen molar-refractivity contribution in [1.29, 1.82) is 0 Å². The van der Waals surface area contributed by atoms with Crippen LogP contribution < -0.4 is 0 Å². The monoisotopic (exact) mass is 281 g/mol. The van der Waals surface area contributed by atoms with Gasteiger partial charge in [0.15, 0.2) is 11.3 Å². The molecule has 2 aromatic heterocycles. The van der Waals surface area contributed by atoms with E-state index in [9.17, 15) is 9.90 Å². The lowest BCUT2D eigenvalue weighted by molar-refractivity contribution is 0.0687. The summed E-state index contributed by atoms with van der Waals surface area (Å²) in [6.07, 6.45) is 0. The van der Waals surface area contributed by atoms with Gasteiger partial charge in [0.2, 0.25) is 0 Å². The zero-order chi connectivity index (χ0) is 15.0. The minimum atomic E-state index is -1.02. The second kappa shape index (κ2) is 5.01. The topological polar surface area (TPSA) is 67.5 Å². The van der Waals surface area contributed by atoms with Crippen molar-refractivity contribution in [1.82, 2.24) is 14.6 Å². The Morgan fingerprint density at radius 2 is 1.90 bits per heavy atom. The van der Waals surface area contributed by atoms with Gasteiger partial charge in [0.1, 0.15) is 0 Å². The largest absolute Gasteiger partial charge is 0.477 e. The average Bonchev–Trinajstić information content (AvgIpc) is 2.91. The molecule has 0 aliphatic carbocycles. The molecular formula is C16H15N3O2. The Labute approximate surface area is 121 Å². The SMILES string of the molecule is CC(C)c1cc2nc(-c3ccccc3)cc(C(=O)O)n2n1. The molecule has 0 aliphatic rings. The number of fused-ring (bicyclic) bond motifs is 1. The zero-order valence-electron chi connectivity index (χ0n) is 11.8. The van der Waals surface area contributed by atoms with E-state index in [4.69, 9.17) is 0 Å². The first-order chi connectivity index (χ1) is 10.1. The van der Waals surface area contributed by atoms with E-state index < -0.39 is 5.97 Å². The molecule has 0 spiro atoms. The standard InChI is InChI=1S/C16H15N3O2/c1-10(2)12-9-15-17-13(11-6-4-3-5-7-11)8-14(16(20)21)19(15)18-12/h3-10H,1-2H3,(H,20,21). The summed E-state index contributed by atoms with van der Waals surface area (Å²) in [5.74, 6) is -0.800. The quantitative estimate of drug-likeness (QED) is 0.800. The minimum absolute atomic E-state index is 0.116. The Morgan fingerprint density at radius 1 is 1.19 bits per heavy atom. The summed E-state index contributed by atoms with van der Waals surface area (Å²) >= 11 is 0. The van der Waals surface area contributed by atoms with Gasteiger partial charge in [0.05, 0.1) is 11.4 Å². The van der Waals surface area contributed by atoms with E-state index in [1.54, 1.807) is 6.07 Å². The minimum Gasteiger partial charge on any atom is -0.477 e. The van der Waals surface area contributed by atoms with Crippen LogP contribution in [0.4, 0.5) is 0 Å². The first kappa shape index (κ1) is 13.3. The number of rotatable bonds is 3. The second-order valence-corrected chi connectivity index (χ2v) is 5.19. The molecule has 3 aromatic rings. The van der Waals surface area contributed by atoms with Crippen molar-refractivity contribution in [2.75, 3.05) is 0 Å². The smallest absolute Gasteiger partial charge is 0.354 e. The first-order valence-electron chi connectivity index (χ1n) is 6.75. The van der Waals surface area contributed by atoms with Gasteiger partial charge < -0.3 is 5.11 Å². The van der Waals surface area contributed by atoms with E-state index >= 15 is 0 Å². The molecule has 0 unspecified atom stereocenters. The van der Waals surface area contributed by atoms with E-state index in [0.29, 0.717) is 11.3 Å². The van der Waals surface area contributed by atoms with Gasteiger partial charge in [-0.05, 0) is 12.0 Å². The summed E-state index contributed by atoms with van der Waals surface area (Å²) < 4.78 is 1.39. The third kappa shape index (κ3) is 2.38. The molecule has 0 fully saturated rings. The van der Waals surface area contributed by atoms with Gasteiger partial charge in [-0.1, -0.05) is 44.2 Å². The predicted octanol–water partition coefficient (Wildman–Crippen LogP) is 3.22. The molecule has 5 heteroatoms. The number of carboxylic acid groups (broad SMARTS) is 1. The fraction of sp³-hybridized carbons (Fsp3) is 0.188. The average molecular weight is 281 g/mol. The third-order valence-corrected chi connectivity index (χ3v) is 3.33. The van der Waals surface area contributed by atoms with Crippen LogP contribution in [0, 0.1) is 0 Å². The van der Waals surface area contributed by atoms with E-state index in [0.717, 1.165) is 11.3 Å². The van der Waals surface area contributed by atoms with Crippen molar-refractivity contribution < 1.29 is 9.90 Å². The normalized spacial score (nSPS) is 11.2. The van der Waals surface area contributed by atoms with E-state index in [1.165, 1.54) is 4.52 Å². The number of benzene rings is 1. The lowest BCUT2D eigenvalue weighted by atomic mass is 10.1. The first-order valence-corrected chi connectivity index (χ1v) is 6.75. The van der Waals surface area contributed by atoms with E-state index in [2.05, 4.69) is 10.1 Å². The number of aromatic carboxylic acids is 1. The molecule has 0 aliphatic heterocycles.